The highest BCUT2D eigenvalue weighted by atomic mass is 15.2. The van der Waals surface area contributed by atoms with Crippen molar-refractivity contribution in [1.82, 2.24) is 13.5 Å². The minimum atomic E-state index is -1.66. The fourth-order valence-electron chi connectivity index (χ4n) is 18.6. The Hall–Kier alpha value is -14.2. The van der Waals surface area contributed by atoms with Crippen LogP contribution in [0.1, 0.15) is 106 Å². The molecule has 6 heterocycles. The van der Waals surface area contributed by atoms with Crippen LogP contribution in [0, 0.1) is 0 Å². The summed E-state index contributed by atoms with van der Waals surface area (Å²) in [5.74, 6) is 0. The van der Waals surface area contributed by atoms with E-state index in [-0.39, 0.29) is 78.1 Å². The Morgan fingerprint density at radius 3 is 0.992 bits per heavy atom. The van der Waals surface area contributed by atoms with E-state index in [4.69, 9.17) is 0 Å². The van der Waals surface area contributed by atoms with Crippen molar-refractivity contribution in [3.05, 3.63) is 386 Å². The van der Waals surface area contributed by atoms with E-state index in [1.54, 1.807) is 60.7 Å². The lowest BCUT2D eigenvalue weighted by Gasteiger charge is -2.47. The zero-order valence-electron chi connectivity index (χ0n) is 87.5. The predicted molar refractivity (Wildman–Crippen MR) is 513 cm³/mol. The molecule has 5 nitrogen and oxygen atoms in total. The molecule has 120 heavy (non-hydrogen) atoms. The van der Waals surface area contributed by atoms with Gasteiger partial charge in [0.2, 0.25) is 0 Å². The van der Waals surface area contributed by atoms with E-state index in [1.165, 1.54) is 4.57 Å². The van der Waals surface area contributed by atoms with E-state index >= 15 is 0 Å². The van der Waals surface area contributed by atoms with Gasteiger partial charge in [-0.15, -0.1) is 0 Å². The lowest BCUT2D eigenvalue weighted by Crippen LogP contribution is -2.61. The molecule has 0 unspecified atom stereocenters. The van der Waals surface area contributed by atoms with Crippen LogP contribution in [0.3, 0.4) is 0 Å². The van der Waals surface area contributed by atoms with Gasteiger partial charge in [0.05, 0.1) is 77.4 Å². The highest BCUT2D eigenvalue weighted by Crippen LogP contribution is 2.57. The molecule has 6 heteroatoms. The highest BCUT2D eigenvalue weighted by Gasteiger charge is 2.47. The van der Waals surface area contributed by atoms with Crippen molar-refractivity contribution in [2.24, 2.45) is 0 Å². The molecule has 0 spiro atoms. The number of benzene rings is 17. The molecule has 2 aliphatic heterocycles. The number of aromatic nitrogens is 3. The Morgan fingerprint density at radius 1 is 0.258 bits per heavy atom. The van der Waals surface area contributed by atoms with Crippen LogP contribution in [0.15, 0.2) is 370 Å². The first-order valence-electron chi connectivity index (χ1n) is 50.8. The average molecular weight is 1560 g/mol. The van der Waals surface area contributed by atoms with Gasteiger partial charge in [0.1, 0.15) is 0 Å². The first-order valence-corrected chi connectivity index (χ1v) is 40.8. The molecule has 0 saturated heterocycles. The van der Waals surface area contributed by atoms with Gasteiger partial charge in [0.25, 0.3) is 6.71 Å². The highest BCUT2D eigenvalue weighted by molar-refractivity contribution is 7.00. The molecule has 0 radical (unpaired) electrons. The van der Waals surface area contributed by atoms with Gasteiger partial charge in [-0.05, 0) is 215 Å². The van der Waals surface area contributed by atoms with E-state index < -0.39 is 154 Å². The summed E-state index contributed by atoms with van der Waals surface area (Å²) < 4.78 is 216. The first-order chi connectivity index (χ1) is 66.8. The second-order valence-electron chi connectivity index (χ2n) is 34.8. The van der Waals surface area contributed by atoms with Gasteiger partial charge in [-0.3, -0.25) is 0 Å². The number of anilines is 6. The van der Waals surface area contributed by atoms with Crippen LogP contribution in [0.4, 0.5) is 34.1 Å². The molecule has 0 bridgehead atoms. The van der Waals surface area contributed by atoms with E-state index in [9.17, 15) is 27.4 Å². The van der Waals surface area contributed by atoms with Crippen LogP contribution in [0.2, 0.25) is 0 Å². The maximum Gasteiger partial charge on any atom is 0.252 e. The summed E-state index contributed by atoms with van der Waals surface area (Å²) in [6.07, 6.45) is 0. The lowest BCUT2D eigenvalue weighted by atomic mass is 9.33. The zero-order valence-corrected chi connectivity index (χ0v) is 67.5. The Balaban J connectivity index is 0.979. The van der Waals surface area contributed by atoms with Gasteiger partial charge >= 0.3 is 0 Å². The molecule has 0 fully saturated rings. The van der Waals surface area contributed by atoms with E-state index in [0.29, 0.717) is 83.8 Å². The minimum Gasteiger partial charge on any atom is -0.310 e. The summed E-state index contributed by atoms with van der Waals surface area (Å²) in [6.45, 7) is 17.4. The van der Waals surface area contributed by atoms with Crippen molar-refractivity contribution in [3.8, 4) is 78.1 Å². The predicted octanol–water partition coefficient (Wildman–Crippen LogP) is 29.0. The van der Waals surface area contributed by atoms with Crippen LogP contribution in [0.25, 0.3) is 160 Å². The van der Waals surface area contributed by atoms with Crippen molar-refractivity contribution >= 4 is 139 Å². The molecular formula is C114H88BN5. The largest absolute Gasteiger partial charge is 0.310 e. The molecule has 0 aliphatic carbocycles. The van der Waals surface area contributed by atoms with Crippen LogP contribution in [0.5, 0.6) is 0 Å². The molecule has 4 aromatic heterocycles. The van der Waals surface area contributed by atoms with Crippen molar-refractivity contribution in [2.75, 3.05) is 9.80 Å². The Labute approximate surface area is 729 Å². The molecular weight excluding hydrogens is 1450 g/mol. The second-order valence-corrected chi connectivity index (χ2v) is 34.8. The number of fused-ring (bicyclic) bond motifs is 16. The molecule has 23 rings (SSSR count). The van der Waals surface area contributed by atoms with Gasteiger partial charge in [-0.1, -0.05) is 311 Å². The van der Waals surface area contributed by atoms with Gasteiger partial charge in [-0.25, -0.2) is 0 Å². The summed E-state index contributed by atoms with van der Waals surface area (Å²) in [6, 6.07) is 68.3. The SMILES string of the molecule is [2H]c1c([2H])c(-n2c3c([2H])c([2H])c([2H])c([2H])c3c3c([2H])c([2H])c([2H])c([2H])c32)c([2H])c2c1B1c3c(cc(C(C)(C)C)cc3N(c3c(-c4ccccc4)cc(C(C)(C)C)cc3-c3cc4c5ccccc5n5c6ccccc6c(c3)c45)c3c([2H])c(-n4c5c([2H])c([2H])c(-c6ccccc6)c([2H])c5c5c([2H])c(-c6ccccc6)c([2H])c([2H])c54)c([2H])c([2H])c31)N2c1c(-c2ccccc2)cc(C(C)(C)C)cc1-c1ccccc1. The van der Waals surface area contributed by atoms with Crippen molar-refractivity contribution < 1.29 is 27.4 Å². The number of rotatable bonds is 10. The van der Waals surface area contributed by atoms with Crippen molar-refractivity contribution in [3.63, 3.8) is 0 Å². The number of nitrogens with zero attached hydrogens (tertiary/aromatic N) is 5. The van der Waals surface area contributed by atoms with Crippen LogP contribution < -0.4 is 26.2 Å². The fourth-order valence-corrected chi connectivity index (χ4v) is 18.6. The van der Waals surface area contributed by atoms with Crippen molar-refractivity contribution in [1.29, 1.82) is 0 Å². The molecule has 17 aromatic carbocycles. The van der Waals surface area contributed by atoms with Crippen LogP contribution in [-0.2, 0) is 16.2 Å². The molecule has 0 atom stereocenters. The van der Waals surface area contributed by atoms with Gasteiger partial charge in [0, 0.05) is 99.5 Å². The summed E-state index contributed by atoms with van der Waals surface area (Å²) in [7, 11) is 0. The quantitative estimate of drug-likeness (QED) is 0.127. The van der Waals surface area contributed by atoms with Gasteiger partial charge in [-0.2, -0.15) is 0 Å². The summed E-state index contributed by atoms with van der Waals surface area (Å²) in [5, 5.41) is 2.90. The number of hydrogen-bond donors (Lipinski definition) is 0. The first kappa shape index (κ1) is 53.2. The average Bonchev–Trinajstić information content (AvgIpc) is 1.18. The molecule has 572 valence electrons. The summed E-state index contributed by atoms with van der Waals surface area (Å²) >= 11 is 0. The normalized spacial score (nSPS) is 15.3. The molecule has 21 aromatic rings. The van der Waals surface area contributed by atoms with E-state index in [2.05, 4.69) is 133 Å². The topological polar surface area (TPSA) is 20.8 Å². The summed E-state index contributed by atoms with van der Waals surface area (Å²) in [5.41, 5.74) is 8.28. The lowest BCUT2D eigenvalue weighted by molar-refractivity contribution is 0.590. The molecule has 0 saturated carbocycles. The monoisotopic (exact) mass is 1560 g/mol. The zero-order chi connectivity index (χ0) is 98.2. The third-order valence-electron chi connectivity index (χ3n) is 24.5. The third-order valence-corrected chi connectivity index (χ3v) is 24.5. The molecule has 2 aliphatic rings. The minimum absolute atomic E-state index is 0.0107. The van der Waals surface area contributed by atoms with Gasteiger partial charge in [0.15, 0.2) is 0 Å². The second kappa shape index (κ2) is 26.7. The Bertz CT molecular complexity index is 8720. The number of para-hydroxylation sites is 4. The smallest absolute Gasteiger partial charge is 0.252 e. The van der Waals surface area contributed by atoms with Crippen molar-refractivity contribution in [2.45, 2.75) is 78.6 Å². The fraction of sp³-hybridized carbons (Fsp3) is 0.105. The summed E-state index contributed by atoms with van der Waals surface area (Å²) in [4.78, 5) is 3.95. The standard InChI is InChI=1S/C114H88BN5/c1-112(2,3)79-63-88(73-37-19-12-20-38-73)109(89(64-79)74-39-21-13-22-40-74)119-104-69-82(116-98-47-29-25-43-84(98)85-44-26-30-48-99(85)116)53-55-96(104)115-97-56-54-83(117-102-57-51-76(71-33-15-10-16-34-71)59-92(102)93-60-77(52-58-103(93)117)72-35-17-11-18-36-72)70-105(97)120(107-68-81(114(7,8)9)67-106(119)108(107)115)110-90(75-41-23-14-24-42-75)65-80(113(4,5)6)66-91(110)78-61-94-86-45-27-31-49-100(86)118-101-50-32-28-46-87(101)95(62-78)111(94)118/h10-70H,1-9H3/i25D,26D,29D,30D,43D,44D,47D,48D,51D,52D,53D,54D,55D,56D,57D,58D,59D,60D,69D,70D. The third kappa shape index (κ3) is 11.0. The Morgan fingerprint density at radius 2 is 0.600 bits per heavy atom. The maximum atomic E-state index is 12.4. The Kier molecular flexibility index (Phi) is 11.8. The molecule has 0 N–H and O–H groups in total. The van der Waals surface area contributed by atoms with E-state index in [1.807, 2.05) is 131 Å². The maximum absolute atomic E-state index is 12.4. The van der Waals surface area contributed by atoms with Crippen LogP contribution in [-0.4, -0.2) is 20.2 Å². The number of hydrogen-bond acceptors (Lipinski definition) is 2. The van der Waals surface area contributed by atoms with Crippen LogP contribution >= 0.6 is 0 Å². The van der Waals surface area contributed by atoms with Gasteiger partial charge < -0.3 is 23.3 Å². The molecule has 0 amide bonds. The van der Waals surface area contributed by atoms with E-state index in [0.717, 1.165) is 59.4 Å².